The lowest BCUT2D eigenvalue weighted by atomic mass is 10.3. The Morgan fingerprint density at radius 3 is 3.00 bits per heavy atom. The Morgan fingerprint density at radius 2 is 2.50 bits per heavy atom. The molecule has 0 N–H and O–H groups in total. The Labute approximate surface area is 65.4 Å². The molecule has 1 aromatic heterocycles. The predicted molar refractivity (Wildman–Crippen MR) is 47.2 cm³/mol. The number of nitrogens with zero attached hydrogens (tertiary/aromatic N) is 1. The lowest BCUT2D eigenvalue weighted by molar-refractivity contribution is 1.14. The van der Waals surface area contributed by atoms with Gasteiger partial charge in [-0.3, -0.25) is 4.99 Å². The smallest absolute Gasteiger partial charge is 0.0477 e. The normalized spacial score (nSPS) is 11.0. The molecule has 0 aromatic carbocycles. The molecule has 10 heavy (non-hydrogen) atoms. The van der Waals surface area contributed by atoms with Gasteiger partial charge in [0, 0.05) is 17.6 Å². The van der Waals surface area contributed by atoms with E-state index < -0.39 is 0 Å². The van der Waals surface area contributed by atoms with Crippen LogP contribution in [-0.2, 0) is 0 Å². The molecule has 0 aliphatic carbocycles. The molecule has 0 radical (unpaired) electrons. The average Bonchev–Trinajstić information content (AvgIpc) is 2.31. The van der Waals surface area contributed by atoms with Crippen LogP contribution in [-0.4, -0.2) is 12.8 Å². The van der Waals surface area contributed by atoms with Crippen LogP contribution >= 0.6 is 11.3 Å². The molecule has 0 amide bonds. The van der Waals surface area contributed by atoms with E-state index >= 15 is 0 Å². The van der Waals surface area contributed by atoms with E-state index in [1.54, 1.807) is 11.3 Å². The highest BCUT2D eigenvalue weighted by atomic mass is 32.1. The summed E-state index contributed by atoms with van der Waals surface area (Å²) >= 11 is 1.74. The molecule has 0 saturated heterocycles. The molecule has 0 saturated carbocycles. The molecule has 1 nitrogen and oxygen atoms in total. The first-order chi connectivity index (χ1) is 4.84. The first-order valence-corrected chi connectivity index (χ1v) is 4.26. The molecular weight excluding hydrogens is 142 g/mol. The van der Waals surface area contributed by atoms with Crippen LogP contribution in [0.15, 0.2) is 16.4 Å². The second kappa shape index (κ2) is 3.52. The molecule has 0 spiro atoms. The summed E-state index contributed by atoms with van der Waals surface area (Å²) < 4.78 is 0. The quantitative estimate of drug-likeness (QED) is 0.579. The average molecular weight is 153 g/mol. The molecule has 0 bridgehead atoms. The number of hydrogen-bond donors (Lipinski definition) is 0. The summed E-state index contributed by atoms with van der Waals surface area (Å²) in [5.41, 5.74) is 1.32. The van der Waals surface area contributed by atoms with E-state index in [0.29, 0.717) is 0 Å². The largest absolute Gasteiger partial charge is 0.292 e. The summed E-state index contributed by atoms with van der Waals surface area (Å²) in [5.74, 6) is 0. The SMILES string of the molecule is CCN=Cc1sccc1C. The highest BCUT2D eigenvalue weighted by Crippen LogP contribution is 2.12. The maximum Gasteiger partial charge on any atom is 0.0477 e. The molecule has 0 unspecified atom stereocenters. The van der Waals surface area contributed by atoms with Crippen molar-refractivity contribution in [2.45, 2.75) is 13.8 Å². The molecule has 2 heteroatoms. The van der Waals surface area contributed by atoms with Crippen molar-refractivity contribution in [1.82, 2.24) is 0 Å². The molecule has 0 aliphatic rings. The molecule has 1 aromatic rings. The van der Waals surface area contributed by atoms with Gasteiger partial charge in [-0.2, -0.15) is 0 Å². The van der Waals surface area contributed by atoms with Gasteiger partial charge in [-0.05, 0) is 30.9 Å². The third-order valence-corrected chi connectivity index (χ3v) is 2.25. The minimum Gasteiger partial charge on any atom is -0.292 e. The van der Waals surface area contributed by atoms with Crippen molar-refractivity contribution in [3.63, 3.8) is 0 Å². The Bertz CT molecular complexity index is 225. The van der Waals surface area contributed by atoms with Gasteiger partial charge in [0.15, 0.2) is 0 Å². The van der Waals surface area contributed by atoms with Gasteiger partial charge in [-0.15, -0.1) is 11.3 Å². The van der Waals surface area contributed by atoms with E-state index in [1.165, 1.54) is 10.4 Å². The molecule has 0 aliphatic heterocycles. The van der Waals surface area contributed by atoms with Crippen LogP contribution < -0.4 is 0 Å². The predicted octanol–water partition coefficient (Wildman–Crippen LogP) is 2.50. The summed E-state index contributed by atoms with van der Waals surface area (Å²) in [5, 5.41) is 2.09. The van der Waals surface area contributed by atoms with Crippen LogP contribution in [0.1, 0.15) is 17.4 Å². The van der Waals surface area contributed by atoms with Gasteiger partial charge >= 0.3 is 0 Å². The van der Waals surface area contributed by atoms with Gasteiger partial charge in [0.05, 0.1) is 0 Å². The molecule has 0 atom stereocenters. The lowest BCUT2D eigenvalue weighted by Gasteiger charge is -1.86. The van der Waals surface area contributed by atoms with Crippen LogP contribution in [0.3, 0.4) is 0 Å². The second-order valence-electron chi connectivity index (χ2n) is 2.10. The van der Waals surface area contributed by atoms with Crippen molar-refractivity contribution in [3.8, 4) is 0 Å². The summed E-state index contributed by atoms with van der Waals surface area (Å²) in [6.07, 6.45) is 1.94. The summed E-state index contributed by atoms with van der Waals surface area (Å²) in [7, 11) is 0. The molecular formula is C8H11NS. The van der Waals surface area contributed by atoms with E-state index in [-0.39, 0.29) is 0 Å². The van der Waals surface area contributed by atoms with Crippen molar-refractivity contribution in [1.29, 1.82) is 0 Å². The van der Waals surface area contributed by atoms with E-state index in [0.717, 1.165) is 6.54 Å². The van der Waals surface area contributed by atoms with E-state index in [9.17, 15) is 0 Å². The van der Waals surface area contributed by atoms with Crippen molar-refractivity contribution in [2.24, 2.45) is 4.99 Å². The Morgan fingerprint density at radius 1 is 1.70 bits per heavy atom. The fourth-order valence-corrected chi connectivity index (χ4v) is 1.50. The van der Waals surface area contributed by atoms with Crippen molar-refractivity contribution in [2.75, 3.05) is 6.54 Å². The topological polar surface area (TPSA) is 12.4 Å². The first-order valence-electron chi connectivity index (χ1n) is 3.38. The lowest BCUT2D eigenvalue weighted by Crippen LogP contribution is -1.78. The van der Waals surface area contributed by atoms with Gasteiger partial charge in [0.2, 0.25) is 0 Å². The van der Waals surface area contributed by atoms with Gasteiger partial charge in [0.25, 0.3) is 0 Å². The fourth-order valence-electron chi connectivity index (χ4n) is 0.691. The number of aliphatic imine (C=N–C) groups is 1. The summed E-state index contributed by atoms with van der Waals surface area (Å²) in [6.45, 7) is 5.02. The molecule has 54 valence electrons. The van der Waals surface area contributed by atoms with Crippen LogP contribution in [0.25, 0.3) is 0 Å². The number of aryl methyl sites for hydroxylation is 1. The van der Waals surface area contributed by atoms with E-state index in [2.05, 4.69) is 23.4 Å². The number of hydrogen-bond acceptors (Lipinski definition) is 2. The standard InChI is InChI=1S/C8H11NS/c1-3-9-6-8-7(2)4-5-10-8/h4-6H,3H2,1-2H3. The maximum atomic E-state index is 4.16. The van der Waals surface area contributed by atoms with Crippen molar-refractivity contribution < 1.29 is 0 Å². The van der Waals surface area contributed by atoms with E-state index in [4.69, 9.17) is 0 Å². The Balaban J connectivity index is 2.74. The highest BCUT2D eigenvalue weighted by molar-refractivity contribution is 7.11. The van der Waals surface area contributed by atoms with Crippen molar-refractivity contribution >= 4 is 17.6 Å². The number of rotatable bonds is 2. The zero-order valence-corrected chi connectivity index (χ0v) is 7.11. The minimum absolute atomic E-state index is 0.872. The molecule has 1 rings (SSSR count). The van der Waals surface area contributed by atoms with Crippen LogP contribution in [0, 0.1) is 6.92 Å². The summed E-state index contributed by atoms with van der Waals surface area (Å²) in [4.78, 5) is 5.44. The van der Waals surface area contributed by atoms with Crippen LogP contribution in [0.4, 0.5) is 0 Å². The first kappa shape index (κ1) is 7.48. The van der Waals surface area contributed by atoms with E-state index in [1.807, 2.05) is 13.1 Å². The second-order valence-corrected chi connectivity index (χ2v) is 3.04. The van der Waals surface area contributed by atoms with Crippen LogP contribution in [0.2, 0.25) is 0 Å². The van der Waals surface area contributed by atoms with Gasteiger partial charge in [-0.1, -0.05) is 0 Å². The zero-order valence-electron chi connectivity index (χ0n) is 6.29. The van der Waals surface area contributed by atoms with Crippen LogP contribution in [0.5, 0.6) is 0 Å². The molecule has 0 fully saturated rings. The highest BCUT2D eigenvalue weighted by Gasteiger charge is 1.92. The Hall–Kier alpha value is -0.630. The monoisotopic (exact) mass is 153 g/mol. The fraction of sp³-hybridized carbons (Fsp3) is 0.375. The van der Waals surface area contributed by atoms with Gasteiger partial charge < -0.3 is 0 Å². The Kier molecular flexibility index (Phi) is 2.63. The third kappa shape index (κ3) is 1.67. The summed E-state index contributed by atoms with van der Waals surface area (Å²) in [6, 6.07) is 2.11. The molecule has 1 heterocycles. The van der Waals surface area contributed by atoms with Gasteiger partial charge in [-0.25, -0.2) is 0 Å². The van der Waals surface area contributed by atoms with Gasteiger partial charge in [0.1, 0.15) is 0 Å². The third-order valence-electron chi connectivity index (χ3n) is 1.29. The maximum absolute atomic E-state index is 4.16. The van der Waals surface area contributed by atoms with Crippen molar-refractivity contribution in [3.05, 3.63) is 21.9 Å². The zero-order chi connectivity index (χ0) is 7.40. The number of thiophene rings is 1. The minimum atomic E-state index is 0.872.